The first-order chi connectivity index (χ1) is 12.9. The molecule has 0 saturated carbocycles. The average Bonchev–Trinajstić information content (AvgIpc) is 3.07. The molecule has 0 radical (unpaired) electrons. The summed E-state index contributed by atoms with van der Waals surface area (Å²) >= 11 is 0. The Morgan fingerprint density at radius 1 is 1.19 bits per heavy atom. The van der Waals surface area contributed by atoms with Gasteiger partial charge < -0.3 is 10.6 Å². The Morgan fingerprint density at radius 3 is 2.70 bits per heavy atom. The number of hydrogen-bond acceptors (Lipinski definition) is 3. The second-order valence-electron chi connectivity index (χ2n) is 6.61. The Balaban J connectivity index is 1.52. The number of carbonyl (C=O) groups is 1. The van der Waals surface area contributed by atoms with Crippen molar-refractivity contribution in [3.8, 4) is 11.3 Å². The lowest BCUT2D eigenvalue weighted by Gasteiger charge is -2.18. The van der Waals surface area contributed by atoms with E-state index >= 15 is 0 Å². The van der Waals surface area contributed by atoms with Gasteiger partial charge in [0.15, 0.2) is 0 Å². The first kappa shape index (κ1) is 19.2. The predicted octanol–water partition coefficient (Wildman–Crippen LogP) is 3.75. The fourth-order valence-corrected chi connectivity index (χ4v) is 3.21. The summed E-state index contributed by atoms with van der Waals surface area (Å²) in [5.74, 6) is 0.0144. The summed E-state index contributed by atoms with van der Waals surface area (Å²) in [7, 11) is 0. The molecule has 1 aliphatic heterocycles. The maximum Gasteiger partial charge on any atom is 0.401 e. The van der Waals surface area contributed by atoms with Crippen molar-refractivity contribution in [3.63, 3.8) is 0 Å². The minimum atomic E-state index is -4.19. The molecule has 27 heavy (non-hydrogen) atoms. The van der Waals surface area contributed by atoms with Gasteiger partial charge in [0, 0.05) is 24.8 Å². The molecule has 2 N–H and O–H groups in total. The number of nitrogens with zero attached hydrogens (tertiary/aromatic N) is 2. The molecule has 2 aromatic rings. The number of aromatic nitrogens is 1. The number of halogens is 3. The lowest BCUT2D eigenvalue weighted by molar-refractivity contribution is -0.143. The van der Waals surface area contributed by atoms with Crippen LogP contribution >= 0.6 is 0 Å². The number of amides is 2. The third kappa shape index (κ3) is 5.68. The second kappa shape index (κ2) is 8.39. The van der Waals surface area contributed by atoms with Crippen molar-refractivity contribution in [1.29, 1.82) is 0 Å². The highest BCUT2D eigenvalue weighted by molar-refractivity contribution is 5.93. The Hall–Kier alpha value is -2.61. The molecule has 3 rings (SSSR count). The van der Waals surface area contributed by atoms with Crippen molar-refractivity contribution in [1.82, 2.24) is 15.2 Å². The minimum Gasteiger partial charge on any atom is -0.338 e. The highest BCUT2D eigenvalue weighted by atomic mass is 19.4. The SMILES string of the molecule is O=C(NCC1CCN(CC(F)(F)F)C1)Nc1cccnc1-c1ccccc1. The van der Waals surface area contributed by atoms with Crippen LogP contribution < -0.4 is 10.6 Å². The van der Waals surface area contributed by atoms with Crippen LogP contribution in [0, 0.1) is 5.92 Å². The fraction of sp³-hybridized carbons (Fsp3) is 0.368. The fourth-order valence-electron chi connectivity index (χ4n) is 3.21. The smallest absolute Gasteiger partial charge is 0.338 e. The number of pyridine rings is 1. The number of anilines is 1. The molecule has 2 heterocycles. The highest BCUT2D eigenvalue weighted by Gasteiger charge is 2.34. The van der Waals surface area contributed by atoms with Gasteiger partial charge in [-0.1, -0.05) is 30.3 Å². The number of benzene rings is 1. The van der Waals surface area contributed by atoms with Crippen LogP contribution in [0.1, 0.15) is 6.42 Å². The third-order valence-electron chi connectivity index (χ3n) is 4.43. The van der Waals surface area contributed by atoms with Crippen LogP contribution in [0.15, 0.2) is 48.7 Å². The zero-order chi connectivity index (χ0) is 19.3. The Kier molecular flexibility index (Phi) is 5.95. The molecule has 1 unspecified atom stereocenters. The molecular formula is C19H21F3N4O. The van der Waals surface area contributed by atoms with Gasteiger partial charge in [-0.3, -0.25) is 9.88 Å². The largest absolute Gasteiger partial charge is 0.401 e. The standard InChI is InChI=1S/C19H21F3N4O/c20-19(21,22)13-26-10-8-14(12-26)11-24-18(27)25-16-7-4-9-23-17(16)15-5-2-1-3-6-15/h1-7,9,14H,8,10-13H2,(H2,24,25,27). The molecule has 0 aliphatic carbocycles. The molecule has 2 amide bonds. The highest BCUT2D eigenvalue weighted by Crippen LogP contribution is 2.25. The van der Waals surface area contributed by atoms with Gasteiger partial charge in [0.1, 0.15) is 0 Å². The van der Waals surface area contributed by atoms with Gasteiger partial charge >= 0.3 is 12.2 Å². The van der Waals surface area contributed by atoms with Crippen molar-refractivity contribution < 1.29 is 18.0 Å². The average molecular weight is 378 g/mol. The van der Waals surface area contributed by atoms with Gasteiger partial charge in [-0.05, 0) is 31.0 Å². The molecular weight excluding hydrogens is 357 g/mol. The number of likely N-dealkylation sites (tertiary alicyclic amines) is 1. The molecule has 0 spiro atoms. The third-order valence-corrected chi connectivity index (χ3v) is 4.43. The van der Waals surface area contributed by atoms with E-state index in [9.17, 15) is 18.0 Å². The summed E-state index contributed by atoms with van der Waals surface area (Å²) in [6.45, 7) is 0.170. The van der Waals surface area contributed by atoms with E-state index in [0.717, 1.165) is 5.56 Å². The molecule has 1 aliphatic rings. The molecule has 1 atom stereocenters. The van der Waals surface area contributed by atoms with E-state index in [1.165, 1.54) is 4.90 Å². The van der Waals surface area contributed by atoms with E-state index < -0.39 is 18.8 Å². The van der Waals surface area contributed by atoms with Crippen molar-refractivity contribution in [2.45, 2.75) is 12.6 Å². The van der Waals surface area contributed by atoms with Gasteiger partial charge in [-0.25, -0.2) is 4.79 Å². The quantitative estimate of drug-likeness (QED) is 0.833. The number of urea groups is 1. The number of alkyl halides is 3. The molecule has 1 fully saturated rings. The first-order valence-electron chi connectivity index (χ1n) is 8.75. The Labute approximate surface area is 155 Å². The van der Waals surface area contributed by atoms with Crippen molar-refractivity contribution >= 4 is 11.7 Å². The van der Waals surface area contributed by atoms with Crippen LogP contribution in [0.5, 0.6) is 0 Å². The normalized spacial score (nSPS) is 17.7. The van der Waals surface area contributed by atoms with Gasteiger partial charge in [0.25, 0.3) is 0 Å². The van der Waals surface area contributed by atoms with Gasteiger partial charge in [0.2, 0.25) is 0 Å². The Bertz CT molecular complexity index is 767. The molecule has 144 valence electrons. The number of carbonyl (C=O) groups excluding carboxylic acids is 1. The van der Waals surface area contributed by atoms with Crippen LogP contribution in [-0.4, -0.2) is 48.3 Å². The van der Waals surface area contributed by atoms with Crippen LogP contribution in [-0.2, 0) is 0 Å². The van der Waals surface area contributed by atoms with Crippen LogP contribution in [0.3, 0.4) is 0 Å². The minimum absolute atomic E-state index is 0.0144. The molecule has 5 nitrogen and oxygen atoms in total. The zero-order valence-electron chi connectivity index (χ0n) is 14.7. The van der Waals surface area contributed by atoms with E-state index in [2.05, 4.69) is 15.6 Å². The first-order valence-corrected chi connectivity index (χ1v) is 8.75. The number of nitrogens with one attached hydrogen (secondary N) is 2. The maximum absolute atomic E-state index is 12.4. The van der Waals surface area contributed by atoms with Gasteiger partial charge in [0.05, 0.1) is 17.9 Å². The topological polar surface area (TPSA) is 57.3 Å². The van der Waals surface area contributed by atoms with E-state index in [0.29, 0.717) is 37.4 Å². The second-order valence-corrected chi connectivity index (χ2v) is 6.61. The van der Waals surface area contributed by atoms with E-state index in [4.69, 9.17) is 0 Å². The summed E-state index contributed by atoms with van der Waals surface area (Å²) in [6, 6.07) is 12.6. The van der Waals surface area contributed by atoms with E-state index in [-0.39, 0.29) is 5.92 Å². The summed E-state index contributed by atoms with van der Waals surface area (Å²) in [5.41, 5.74) is 2.11. The number of rotatable bonds is 5. The van der Waals surface area contributed by atoms with Crippen LogP contribution in [0.2, 0.25) is 0 Å². The predicted molar refractivity (Wildman–Crippen MR) is 97.3 cm³/mol. The molecule has 1 aromatic heterocycles. The Morgan fingerprint density at radius 2 is 1.96 bits per heavy atom. The van der Waals surface area contributed by atoms with Crippen molar-refractivity contribution in [2.24, 2.45) is 5.92 Å². The summed E-state index contributed by atoms with van der Waals surface area (Å²) in [4.78, 5) is 17.9. The lowest BCUT2D eigenvalue weighted by atomic mass is 10.1. The molecule has 1 saturated heterocycles. The summed E-state index contributed by atoms with van der Waals surface area (Å²) in [5, 5.41) is 5.53. The molecule has 1 aromatic carbocycles. The van der Waals surface area contributed by atoms with Crippen molar-refractivity contribution in [3.05, 3.63) is 48.7 Å². The number of hydrogen-bond donors (Lipinski definition) is 2. The van der Waals surface area contributed by atoms with Gasteiger partial charge in [-0.15, -0.1) is 0 Å². The maximum atomic E-state index is 12.4. The van der Waals surface area contributed by atoms with Crippen molar-refractivity contribution in [2.75, 3.05) is 31.5 Å². The van der Waals surface area contributed by atoms with Crippen LogP contribution in [0.25, 0.3) is 11.3 Å². The molecule has 8 heteroatoms. The lowest BCUT2D eigenvalue weighted by Crippen LogP contribution is -2.36. The van der Waals surface area contributed by atoms with Crippen LogP contribution in [0.4, 0.5) is 23.7 Å². The summed E-state index contributed by atoms with van der Waals surface area (Å²) in [6.07, 6.45) is -1.90. The van der Waals surface area contributed by atoms with Gasteiger partial charge in [-0.2, -0.15) is 13.2 Å². The summed E-state index contributed by atoms with van der Waals surface area (Å²) < 4.78 is 37.3. The van der Waals surface area contributed by atoms with E-state index in [1.807, 2.05) is 30.3 Å². The molecule has 0 bridgehead atoms. The zero-order valence-corrected chi connectivity index (χ0v) is 14.7. The van der Waals surface area contributed by atoms with E-state index in [1.54, 1.807) is 18.3 Å². The monoisotopic (exact) mass is 378 g/mol.